The summed E-state index contributed by atoms with van der Waals surface area (Å²) >= 11 is 0. The zero-order chi connectivity index (χ0) is 21.5. The summed E-state index contributed by atoms with van der Waals surface area (Å²) in [6.07, 6.45) is 6.37. The molecule has 1 N–H and O–H groups in total. The fourth-order valence-electron chi connectivity index (χ4n) is 3.05. The first-order valence-electron chi connectivity index (χ1n) is 9.56. The van der Waals surface area contributed by atoms with Gasteiger partial charge in [-0.25, -0.2) is 14.3 Å². The lowest BCUT2D eigenvalue weighted by Crippen LogP contribution is -2.25. The molecule has 2 aromatic carbocycles. The van der Waals surface area contributed by atoms with E-state index in [9.17, 15) is 14.7 Å². The van der Waals surface area contributed by atoms with Crippen LogP contribution >= 0.6 is 0 Å². The molecule has 0 fully saturated rings. The lowest BCUT2D eigenvalue weighted by Gasteiger charge is -2.08. The molecule has 150 valence electrons. The van der Waals surface area contributed by atoms with Crippen LogP contribution in [0.3, 0.4) is 0 Å². The molecule has 0 spiro atoms. The molecule has 0 radical (unpaired) electrons. The van der Waals surface area contributed by atoms with Gasteiger partial charge in [-0.1, -0.05) is 55.3 Å². The van der Waals surface area contributed by atoms with Crippen molar-refractivity contribution >= 4 is 5.97 Å². The second-order valence-electron chi connectivity index (χ2n) is 6.57. The summed E-state index contributed by atoms with van der Waals surface area (Å²) in [5, 5.41) is 13.7. The highest BCUT2D eigenvalue weighted by molar-refractivity contribution is 5.95. The quantitative estimate of drug-likeness (QED) is 0.646. The van der Waals surface area contributed by atoms with Crippen molar-refractivity contribution in [1.29, 1.82) is 0 Å². The van der Waals surface area contributed by atoms with Crippen LogP contribution in [-0.4, -0.2) is 25.4 Å². The molecule has 30 heavy (non-hydrogen) atoms. The van der Waals surface area contributed by atoms with E-state index in [2.05, 4.69) is 22.9 Å². The predicted molar refractivity (Wildman–Crippen MR) is 115 cm³/mol. The largest absolute Gasteiger partial charge is 0.478 e. The van der Waals surface area contributed by atoms with Crippen LogP contribution in [0.5, 0.6) is 0 Å². The van der Waals surface area contributed by atoms with Gasteiger partial charge in [0.05, 0.1) is 18.7 Å². The topological polar surface area (TPSA) is 77.1 Å². The van der Waals surface area contributed by atoms with Crippen LogP contribution in [0.1, 0.15) is 41.5 Å². The molecule has 0 aliphatic rings. The van der Waals surface area contributed by atoms with Crippen molar-refractivity contribution in [1.82, 2.24) is 14.3 Å². The summed E-state index contributed by atoms with van der Waals surface area (Å²) in [6.45, 7) is 2.58. The number of carbonyl (C=O) groups is 1. The number of rotatable bonds is 6. The molecule has 0 aliphatic carbocycles. The molecule has 3 rings (SSSR count). The Hall–Kier alpha value is -4.03. The van der Waals surface area contributed by atoms with E-state index in [1.165, 1.54) is 9.25 Å². The van der Waals surface area contributed by atoms with E-state index in [4.69, 9.17) is 6.42 Å². The molecule has 0 aliphatic heterocycles. The molecule has 6 heteroatoms. The standard InChI is InChI=1S/C24H21N3O3/c1-3-5-11-22-25-27(16-6-4-2)24(30)26(22)17-18-12-14-19(15-13-18)20-9-7-8-10-21(20)23(28)29/h2,7-10,12-15H,3,6,16-17H2,1H3,(H,28,29). The van der Waals surface area contributed by atoms with Gasteiger partial charge in [0, 0.05) is 12.8 Å². The normalized spacial score (nSPS) is 10.1. The second kappa shape index (κ2) is 9.45. The van der Waals surface area contributed by atoms with Gasteiger partial charge >= 0.3 is 11.7 Å². The Morgan fingerprint density at radius 1 is 1.17 bits per heavy atom. The van der Waals surface area contributed by atoms with E-state index < -0.39 is 5.97 Å². The number of carboxylic acid groups (broad SMARTS) is 1. The summed E-state index contributed by atoms with van der Waals surface area (Å²) in [4.78, 5) is 24.2. The molecule has 0 amide bonds. The number of carboxylic acids is 1. The number of terminal acetylenes is 1. The number of benzene rings is 2. The number of aromatic nitrogens is 3. The van der Waals surface area contributed by atoms with Gasteiger partial charge in [0.15, 0.2) is 0 Å². The van der Waals surface area contributed by atoms with E-state index in [1.54, 1.807) is 24.3 Å². The van der Waals surface area contributed by atoms with Crippen molar-refractivity contribution in [3.63, 3.8) is 0 Å². The molecular formula is C24H21N3O3. The van der Waals surface area contributed by atoms with Crippen LogP contribution in [-0.2, 0) is 13.1 Å². The van der Waals surface area contributed by atoms with Gasteiger partial charge in [-0.15, -0.1) is 17.4 Å². The molecule has 6 nitrogen and oxygen atoms in total. The van der Waals surface area contributed by atoms with Crippen molar-refractivity contribution in [2.24, 2.45) is 0 Å². The van der Waals surface area contributed by atoms with Gasteiger partial charge in [0.25, 0.3) is 0 Å². The number of hydrogen-bond donors (Lipinski definition) is 1. The van der Waals surface area contributed by atoms with Crippen molar-refractivity contribution in [3.8, 4) is 35.3 Å². The summed E-state index contributed by atoms with van der Waals surface area (Å²) in [7, 11) is 0. The van der Waals surface area contributed by atoms with Gasteiger partial charge in [0.1, 0.15) is 0 Å². The van der Waals surface area contributed by atoms with E-state index >= 15 is 0 Å². The minimum Gasteiger partial charge on any atom is -0.478 e. The van der Waals surface area contributed by atoms with Gasteiger partial charge < -0.3 is 5.11 Å². The fraction of sp³-hybridized carbons (Fsp3) is 0.208. The Kier molecular flexibility index (Phi) is 6.52. The maximum absolute atomic E-state index is 12.7. The Bertz CT molecular complexity index is 1220. The van der Waals surface area contributed by atoms with Gasteiger partial charge in [-0.05, 0) is 28.7 Å². The molecule has 1 heterocycles. The molecule has 1 aromatic heterocycles. The minimum atomic E-state index is -0.972. The average molecular weight is 399 g/mol. The smallest absolute Gasteiger partial charge is 0.347 e. The Morgan fingerprint density at radius 3 is 2.57 bits per heavy atom. The molecule has 0 unspecified atom stereocenters. The fourth-order valence-corrected chi connectivity index (χ4v) is 3.05. The molecule has 0 bridgehead atoms. The molecule has 0 saturated heterocycles. The third-order valence-corrected chi connectivity index (χ3v) is 4.53. The van der Waals surface area contributed by atoms with Gasteiger partial charge in [0.2, 0.25) is 5.82 Å². The molecule has 0 atom stereocenters. The van der Waals surface area contributed by atoms with E-state index in [0.29, 0.717) is 37.3 Å². The number of hydrogen-bond acceptors (Lipinski definition) is 3. The maximum Gasteiger partial charge on any atom is 0.347 e. The SMILES string of the molecule is C#CCCn1nc(C#CCC)n(Cc2ccc(-c3ccccc3C(=O)O)cc2)c1=O. The Balaban J connectivity index is 1.92. The monoisotopic (exact) mass is 399 g/mol. The van der Waals surface area contributed by atoms with Crippen LogP contribution in [0, 0.1) is 24.2 Å². The summed E-state index contributed by atoms with van der Waals surface area (Å²) < 4.78 is 2.87. The third-order valence-electron chi connectivity index (χ3n) is 4.53. The van der Waals surface area contributed by atoms with Crippen molar-refractivity contribution in [3.05, 3.63) is 76.0 Å². The second-order valence-corrected chi connectivity index (χ2v) is 6.57. The van der Waals surface area contributed by atoms with Crippen molar-refractivity contribution in [2.45, 2.75) is 32.9 Å². The van der Waals surface area contributed by atoms with E-state index in [1.807, 2.05) is 31.2 Å². The maximum atomic E-state index is 12.7. The zero-order valence-electron chi connectivity index (χ0n) is 16.6. The highest BCUT2D eigenvalue weighted by Gasteiger charge is 2.13. The molecule has 0 saturated carbocycles. The highest BCUT2D eigenvalue weighted by Crippen LogP contribution is 2.24. The summed E-state index contributed by atoms with van der Waals surface area (Å²) in [5.74, 6) is 7.84. The van der Waals surface area contributed by atoms with E-state index in [0.717, 1.165) is 11.1 Å². The number of nitrogens with zero attached hydrogens (tertiary/aromatic N) is 3. The first kappa shape index (κ1) is 20.7. The van der Waals surface area contributed by atoms with Crippen molar-refractivity contribution in [2.75, 3.05) is 0 Å². The number of aromatic carboxylic acids is 1. The van der Waals surface area contributed by atoms with Crippen LogP contribution in [0.2, 0.25) is 0 Å². The summed E-state index contributed by atoms with van der Waals surface area (Å²) in [6, 6.07) is 14.3. The third kappa shape index (κ3) is 4.51. The lowest BCUT2D eigenvalue weighted by molar-refractivity contribution is 0.0697. The first-order chi connectivity index (χ1) is 14.5. The Labute approximate surface area is 174 Å². The van der Waals surface area contributed by atoms with Gasteiger partial charge in [-0.3, -0.25) is 4.57 Å². The molecular weight excluding hydrogens is 378 g/mol. The van der Waals surface area contributed by atoms with Crippen LogP contribution in [0.4, 0.5) is 0 Å². The lowest BCUT2D eigenvalue weighted by atomic mass is 9.99. The minimum absolute atomic E-state index is 0.244. The van der Waals surface area contributed by atoms with E-state index in [-0.39, 0.29) is 11.3 Å². The van der Waals surface area contributed by atoms with Crippen LogP contribution < -0.4 is 5.69 Å². The van der Waals surface area contributed by atoms with Crippen LogP contribution in [0.15, 0.2) is 53.3 Å². The van der Waals surface area contributed by atoms with Crippen LogP contribution in [0.25, 0.3) is 11.1 Å². The van der Waals surface area contributed by atoms with Crippen molar-refractivity contribution < 1.29 is 9.90 Å². The predicted octanol–water partition coefficient (Wildman–Crippen LogP) is 3.24. The Morgan fingerprint density at radius 2 is 1.90 bits per heavy atom. The summed E-state index contributed by atoms with van der Waals surface area (Å²) in [5.41, 5.74) is 2.30. The average Bonchev–Trinajstić information content (AvgIpc) is 3.05. The number of aryl methyl sites for hydroxylation is 1. The zero-order valence-corrected chi connectivity index (χ0v) is 16.6. The first-order valence-corrected chi connectivity index (χ1v) is 9.56. The van der Waals surface area contributed by atoms with Gasteiger partial charge in [-0.2, -0.15) is 0 Å². The highest BCUT2D eigenvalue weighted by atomic mass is 16.4. The molecule has 3 aromatic rings.